The molecule has 1 rings (SSSR count). The number of hydrogen-bond donors (Lipinski definition) is 0. The fourth-order valence-electron chi connectivity index (χ4n) is 0.931. The Morgan fingerprint density at radius 2 is 1.69 bits per heavy atom. The molecule has 0 aliphatic heterocycles. The monoisotopic (exact) mass is 242 g/mol. The lowest BCUT2D eigenvalue weighted by molar-refractivity contribution is 0.112. The van der Waals surface area contributed by atoms with Crippen LogP contribution < -0.4 is 4.74 Å². The molecule has 0 saturated carbocycles. The summed E-state index contributed by atoms with van der Waals surface area (Å²) in [6.07, 6.45) is 1.33. The largest absolute Gasteiger partial charge is 0.497 e. The molecule has 0 bridgehead atoms. The van der Waals surface area contributed by atoms with E-state index in [0.717, 1.165) is 0 Å². The molecule has 0 fully saturated rings. The van der Waals surface area contributed by atoms with Crippen LogP contribution in [0.2, 0.25) is 0 Å². The normalized spacial score (nSPS) is 9.38. The first-order chi connectivity index (χ1) is 6.22. The fourth-order valence-corrected chi connectivity index (χ4v) is 1.35. The molecule has 0 N–H and O–H groups in total. The molecule has 4 heteroatoms. The van der Waals surface area contributed by atoms with Gasteiger partial charge in [0, 0.05) is 15.6 Å². The summed E-state index contributed by atoms with van der Waals surface area (Å²) in [5.41, 5.74) is 0.808. The third-order valence-corrected chi connectivity index (χ3v) is 2.51. The smallest absolute Gasteiger partial charge is 0.151 e. The van der Waals surface area contributed by atoms with Gasteiger partial charge >= 0.3 is 0 Å². The number of benzene rings is 1. The van der Waals surface area contributed by atoms with Crippen molar-refractivity contribution in [1.29, 1.82) is 0 Å². The van der Waals surface area contributed by atoms with E-state index >= 15 is 0 Å². The van der Waals surface area contributed by atoms with Crippen molar-refractivity contribution < 1.29 is 14.3 Å². The lowest BCUT2D eigenvalue weighted by Gasteiger charge is -2.04. The van der Waals surface area contributed by atoms with Crippen LogP contribution in [-0.4, -0.2) is 19.7 Å². The molecule has 0 atom stereocenters. The maximum atomic E-state index is 10.6. The number of ether oxygens (including phenoxy) is 1. The average molecular weight is 243 g/mol. The first-order valence-corrected chi connectivity index (χ1v) is 4.30. The van der Waals surface area contributed by atoms with Crippen LogP contribution in [0, 0.1) is 0 Å². The molecule has 1 aromatic rings. The third-order valence-electron chi connectivity index (χ3n) is 1.59. The van der Waals surface area contributed by atoms with Gasteiger partial charge < -0.3 is 4.74 Å². The number of aldehydes is 2. The molecule has 0 radical (unpaired) electrons. The van der Waals surface area contributed by atoms with E-state index in [1.54, 1.807) is 12.1 Å². The third kappa shape index (κ3) is 1.95. The van der Waals surface area contributed by atoms with E-state index in [0.29, 0.717) is 33.9 Å². The van der Waals surface area contributed by atoms with E-state index in [1.807, 2.05) is 0 Å². The van der Waals surface area contributed by atoms with Gasteiger partial charge in [-0.05, 0) is 28.1 Å². The molecule has 1 aromatic carbocycles. The summed E-state index contributed by atoms with van der Waals surface area (Å²) in [6.45, 7) is 0. The number of halogens is 1. The van der Waals surface area contributed by atoms with Crippen LogP contribution in [0.3, 0.4) is 0 Å². The number of rotatable bonds is 3. The van der Waals surface area contributed by atoms with Crippen LogP contribution >= 0.6 is 15.9 Å². The van der Waals surface area contributed by atoms with E-state index < -0.39 is 0 Å². The molecule has 0 aromatic heterocycles. The standard InChI is InChI=1S/C9H7BrO3/c1-13-8-2-6(4-11)9(10)7(3-8)5-12/h2-5H,1H3. The van der Waals surface area contributed by atoms with Gasteiger partial charge in [-0.3, -0.25) is 9.59 Å². The molecule has 0 aliphatic carbocycles. The van der Waals surface area contributed by atoms with Crippen LogP contribution in [0.5, 0.6) is 5.75 Å². The van der Waals surface area contributed by atoms with Gasteiger partial charge in [-0.2, -0.15) is 0 Å². The molecule has 0 spiro atoms. The summed E-state index contributed by atoms with van der Waals surface area (Å²) < 4.78 is 5.41. The lowest BCUT2D eigenvalue weighted by Crippen LogP contribution is -1.92. The van der Waals surface area contributed by atoms with Crippen molar-refractivity contribution in [1.82, 2.24) is 0 Å². The van der Waals surface area contributed by atoms with Gasteiger partial charge in [-0.25, -0.2) is 0 Å². The van der Waals surface area contributed by atoms with E-state index in [-0.39, 0.29) is 0 Å². The first-order valence-electron chi connectivity index (χ1n) is 3.50. The molecule has 68 valence electrons. The highest BCUT2D eigenvalue weighted by Crippen LogP contribution is 2.25. The Hall–Kier alpha value is -1.16. The summed E-state index contributed by atoms with van der Waals surface area (Å²) >= 11 is 3.15. The highest BCUT2D eigenvalue weighted by atomic mass is 79.9. The van der Waals surface area contributed by atoms with Crippen molar-refractivity contribution in [3.63, 3.8) is 0 Å². The molecule has 0 unspecified atom stereocenters. The minimum absolute atomic E-state index is 0.404. The van der Waals surface area contributed by atoms with Gasteiger partial charge in [0.05, 0.1) is 7.11 Å². The Kier molecular flexibility index (Phi) is 3.19. The molecule has 0 aliphatic rings. The number of carbonyl (C=O) groups is 2. The SMILES string of the molecule is COc1cc(C=O)c(Br)c(C=O)c1. The van der Waals surface area contributed by atoms with Crippen molar-refractivity contribution in [2.45, 2.75) is 0 Å². The van der Waals surface area contributed by atoms with E-state index in [9.17, 15) is 9.59 Å². The fraction of sp³-hybridized carbons (Fsp3) is 0.111. The molecular formula is C9H7BrO3. The zero-order chi connectivity index (χ0) is 9.84. The highest BCUT2D eigenvalue weighted by Gasteiger charge is 2.07. The van der Waals surface area contributed by atoms with Crippen LogP contribution in [0.1, 0.15) is 20.7 Å². The van der Waals surface area contributed by atoms with Gasteiger partial charge in [-0.15, -0.1) is 0 Å². The predicted octanol–water partition coefficient (Wildman–Crippen LogP) is 2.08. The minimum atomic E-state index is 0.404. The van der Waals surface area contributed by atoms with E-state index in [4.69, 9.17) is 4.74 Å². The van der Waals surface area contributed by atoms with Crippen molar-refractivity contribution >= 4 is 28.5 Å². The molecule has 0 saturated heterocycles. The summed E-state index contributed by atoms with van der Waals surface area (Å²) in [6, 6.07) is 3.12. The second kappa shape index (κ2) is 4.18. The van der Waals surface area contributed by atoms with Gasteiger partial charge in [0.2, 0.25) is 0 Å². The molecule has 0 heterocycles. The Labute approximate surface area is 83.8 Å². The number of methoxy groups -OCH3 is 1. The number of carbonyl (C=O) groups excluding carboxylic acids is 2. The maximum absolute atomic E-state index is 10.6. The van der Waals surface area contributed by atoms with Crippen molar-refractivity contribution in [3.05, 3.63) is 27.7 Å². The second-order valence-corrected chi connectivity index (χ2v) is 3.15. The van der Waals surface area contributed by atoms with Crippen molar-refractivity contribution in [3.8, 4) is 5.75 Å². The Morgan fingerprint density at radius 1 is 1.23 bits per heavy atom. The molecule has 13 heavy (non-hydrogen) atoms. The van der Waals surface area contributed by atoms with Crippen LogP contribution in [0.4, 0.5) is 0 Å². The molecule has 3 nitrogen and oxygen atoms in total. The van der Waals surface area contributed by atoms with Gasteiger partial charge in [0.25, 0.3) is 0 Å². The summed E-state index contributed by atoms with van der Waals surface area (Å²) in [5.74, 6) is 0.493. The first kappa shape index (κ1) is 9.92. The van der Waals surface area contributed by atoms with E-state index in [1.165, 1.54) is 7.11 Å². The quantitative estimate of drug-likeness (QED) is 0.763. The maximum Gasteiger partial charge on any atom is 0.151 e. The van der Waals surface area contributed by atoms with Gasteiger partial charge in [-0.1, -0.05) is 0 Å². The van der Waals surface area contributed by atoms with Crippen LogP contribution in [0.15, 0.2) is 16.6 Å². The number of hydrogen-bond acceptors (Lipinski definition) is 3. The highest BCUT2D eigenvalue weighted by molar-refractivity contribution is 9.10. The topological polar surface area (TPSA) is 43.4 Å². The summed E-state index contributed by atoms with van der Waals surface area (Å²) in [7, 11) is 1.48. The molecule has 0 amide bonds. The predicted molar refractivity (Wildman–Crippen MR) is 51.5 cm³/mol. The zero-order valence-electron chi connectivity index (χ0n) is 6.91. The van der Waals surface area contributed by atoms with Crippen LogP contribution in [0.25, 0.3) is 0 Å². The molecular weight excluding hydrogens is 236 g/mol. The van der Waals surface area contributed by atoms with E-state index in [2.05, 4.69) is 15.9 Å². The van der Waals surface area contributed by atoms with Crippen LogP contribution in [-0.2, 0) is 0 Å². The summed E-state index contributed by atoms with van der Waals surface area (Å²) in [4.78, 5) is 21.1. The Bertz CT molecular complexity index is 318. The minimum Gasteiger partial charge on any atom is -0.497 e. The summed E-state index contributed by atoms with van der Waals surface area (Å²) in [5, 5.41) is 0. The Balaban J connectivity index is 3.36. The van der Waals surface area contributed by atoms with Gasteiger partial charge in [0.15, 0.2) is 12.6 Å². The van der Waals surface area contributed by atoms with Crippen molar-refractivity contribution in [2.75, 3.05) is 7.11 Å². The van der Waals surface area contributed by atoms with Gasteiger partial charge in [0.1, 0.15) is 5.75 Å². The lowest BCUT2D eigenvalue weighted by atomic mass is 10.1. The average Bonchev–Trinajstić information content (AvgIpc) is 2.18. The zero-order valence-corrected chi connectivity index (χ0v) is 8.50. The second-order valence-electron chi connectivity index (χ2n) is 2.36. The Morgan fingerprint density at radius 3 is 2.00 bits per heavy atom. The van der Waals surface area contributed by atoms with Crippen molar-refractivity contribution in [2.24, 2.45) is 0 Å².